The molecule has 6 heteroatoms. The maximum Gasteiger partial charge on any atom is -1.00 e. The number of allylic oxidation sites excluding steroid dienone is 16. The Morgan fingerprint density at radius 2 is 0.453 bits per heavy atom. The normalized spacial score (nSPS) is 14.4. The van der Waals surface area contributed by atoms with Crippen LogP contribution in [-0.2, 0) is 65.8 Å². The van der Waals surface area contributed by atoms with Gasteiger partial charge in [0, 0.05) is 0 Å². The van der Waals surface area contributed by atoms with E-state index < -0.39 is 51.1 Å². The molecule has 0 bridgehead atoms. The predicted octanol–water partition coefficient (Wildman–Crippen LogP) is 12.1. The summed E-state index contributed by atoms with van der Waals surface area (Å²) in [6.07, 6.45) is 19.0. The molecule has 0 aliphatic heterocycles. The minimum atomic E-state index is -2.72. The standard InChI is InChI=1S/4C14H15.2C12H10Si.2ClH.2Hf/c4*1-3-12-6-4-5-7-14(12)13-9-8-11(2)10-13;2*1-3-7-11(8-4-1)13-12-9-5-2-6-10-12;;;;/h4*4-7,10H,3,9H2,1-2H3;2*1-10H;2*1H;;/p-2. The third-order valence-electron chi connectivity index (χ3n) is 17.9. The fourth-order valence-electron chi connectivity index (χ4n) is 13.6. The SMILES string of the molecule is CCc1ccccc1C1=CC(C)=[C]([Hf]([C]2=C(C)C=C(c3ccccc3CC)C2)=[Si](c2ccccc2)c2ccccc2)C1.CCc1ccccc1C1=CC(C)=[C]([Hf]([C]2=C(C)C=C(c3ccccc3CC)C2)=[Si](c2ccccc2)c2ccccc2)C1.[Cl-].[Cl-]. The Kier molecular flexibility index (Phi) is 23.1. The molecule has 432 valence electrons. The molecule has 0 atom stereocenters. The fourth-order valence-corrected chi connectivity index (χ4v) is 75.3. The zero-order valence-corrected chi connectivity index (χ0v) is 62.2. The van der Waals surface area contributed by atoms with E-state index in [2.05, 4.69) is 298 Å². The Bertz CT molecular complexity index is 3580. The van der Waals surface area contributed by atoms with Crippen LogP contribution in [0.5, 0.6) is 0 Å². The van der Waals surface area contributed by atoms with E-state index in [1.807, 2.05) is 13.3 Å². The Balaban J connectivity index is 0.000000201. The molecule has 0 saturated heterocycles. The summed E-state index contributed by atoms with van der Waals surface area (Å²) >= 11 is -5.43. The number of hydrogen-bond acceptors (Lipinski definition) is 0. The molecule has 0 heterocycles. The Labute approximate surface area is 543 Å². The van der Waals surface area contributed by atoms with Crippen LogP contribution in [0.3, 0.4) is 0 Å². The first-order valence-corrected chi connectivity index (χ1v) is 51.8. The summed E-state index contributed by atoms with van der Waals surface area (Å²) in [6.45, 7) is 18.8. The Hall–Kier alpha value is -5.57. The molecule has 4 aliphatic rings. The van der Waals surface area contributed by atoms with Crippen LogP contribution >= 0.6 is 0 Å². The third kappa shape index (κ3) is 14.1. The Morgan fingerprint density at radius 3 is 0.651 bits per heavy atom. The molecule has 0 nitrogen and oxygen atoms in total. The second kappa shape index (κ2) is 30.6. The third-order valence-corrected chi connectivity index (χ3v) is 72.5. The molecule has 86 heavy (non-hydrogen) atoms. The summed E-state index contributed by atoms with van der Waals surface area (Å²) in [5.74, 6) is 0. The van der Waals surface area contributed by atoms with Gasteiger partial charge in [0.15, 0.2) is 0 Å². The van der Waals surface area contributed by atoms with Crippen molar-refractivity contribution in [2.24, 2.45) is 0 Å². The largest absolute Gasteiger partial charge is 1.00 e. The van der Waals surface area contributed by atoms with Crippen molar-refractivity contribution in [1.82, 2.24) is 0 Å². The van der Waals surface area contributed by atoms with Gasteiger partial charge in [-0.05, 0) is 0 Å². The van der Waals surface area contributed by atoms with Gasteiger partial charge < -0.3 is 24.8 Å². The summed E-state index contributed by atoms with van der Waals surface area (Å²) in [5.41, 5.74) is 22.1. The smallest absolute Gasteiger partial charge is 1.00 e. The molecular weight excluding hydrogens is 1440 g/mol. The molecule has 0 spiro atoms. The van der Waals surface area contributed by atoms with Crippen LogP contribution in [0.4, 0.5) is 0 Å². The maximum atomic E-state index is 2.55. The van der Waals surface area contributed by atoms with Gasteiger partial charge in [0.2, 0.25) is 0 Å². The number of halogens is 2. The minimum Gasteiger partial charge on any atom is -1.00 e. The minimum absolute atomic E-state index is 0. The van der Waals surface area contributed by atoms with Crippen LogP contribution in [0.2, 0.25) is 0 Å². The average Bonchev–Trinajstić information content (AvgIpc) is 3.00. The summed E-state index contributed by atoms with van der Waals surface area (Å²) in [4.78, 5) is 0. The molecule has 4 aliphatic carbocycles. The van der Waals surface area contributed by atoms with Gasteiger partial charge in [-0.1, -0.05) is 0 Å². The van der Waals surface area contributed by atoms with Gasteiger partial charge in [0.05, 0.1) is 0 Å². The van der Waals surface area contributed by atoms with Gasteiger partial charge in [-0.25, -0.2) is 0 Å². The van der Waals surface area contributed by atoms with E-state index in [9.17, 15) is 0 Å². The van der Waals surface area contributed by atoms with Gasteiger partial charge in [0.25, 0.3) is 0 Å². The number of hydrogen-bond donors (Lipinski definition) is 0. The molecule has 0 fully saturated rings. The van der Waals surface area contributed by atoms with Crippen molar-refractivity contribution in [2.45, 2.75) is 107 Å². The van der Waals surface area contributed by atoms with Crippen molar-refractivity contribution < 1.29 is 64.9 Å². The van der Waals surface area contributed by atoms with E-state index in [1.54, 1.807) is 43.0 Å². The predicted molar refractivity (Wildman–Crippen MR) is 360 cm³/mol. The summed E-state index contributed by atoms with van der Waals surface area (Å²) in [6, 6.07) is 82.7. The maximum absolute atomic E-state index is 2.72. The molecule has 8 aromatic rings. The van der Waals surface area contributed by atoms with Crippen LogP contribution in [0, 0.1) is 0 Å². The van der Waals surface area contributed by atoms with Crippen molar-refractivity contribution in [1.29, 1.82) is 0 Å². The first kappa shape index (κ1) is 64.9. The van der Waals surface area contributed by atoms with Crippen LogP contribution in [0.25, 0.3) is 22.3 Å². The van der Waals surface area contributed by atoms with Gasteiger partial charge >= 0.3 is 524 Å². The second-order valence-electron chi connectivity index (χ2n) is 23.0. The Morgan fingerprint density at radius 1 is 0.267 bits per heavy atom. The number of benzene rings is 8. The molecule has 8 aromatic carbocycles. The van der Waals surface area contributed by atoms with E-state index in [0.717, 1.165) is 51.4 Å². The van der Waals surface area contributed by atoms with Crippen molar-refractivity contribution >= 4 is 54.0 Å². The van der Waals surface area contributed by atoms with Crippen molar-refractivity contribution in [3.05, 3.63) is 323 Å². The summed E-state index contributed by atoms with van der Waals surface area (Å²) in [5, 5.41) is 6.34. The molecule has 0 radical (unpaired) electrons. The average molecular weight is 1530 g/mol. The topological polar surface area (TPSA) is 0 Å². The van der Waals surface area contributed by atoms with Crippen LogP contribution < -0.4 is 45.6 Å². The number of rotatable bonds is 16. The van der Waals surface area contributed by atoms with E-state index in [-0.39, 0.29) is 24.8 Å². The summed E-state index contributed by atoms with van der Waals surface area (Å²) in [7, 11) is 0. The van der Waals surface area contributed by atoms with Gasteiger partial charge in [-0.15, -0.1) is 0 Å². The van der Waals surface area contributed by atoms with Crippen molar-refractivity contribution in [3.8, 4) is 0 Å². The first-order chi connectivity index (χ1) is 41.2. The second-order valence-corrected chi connectivity index (χ2v) is 59.9. The van der Waals surface area contributed by atoms with Crippen LogP contribution in [0.15, 0.2) is 278 Å². The molecular formula is C80H80Cl2Hf2Si2-2. The van der Waals surface area contributed by atoms with Gasteiger partial charge in [0.1, 0.15) is 0 Å². The molecule has 0 saturated carbocycles. The van der Waals surface area contributed by atoms with E-state index in [1.165, 1.54) is 66.8 Å². The first-order valence-electron chi connectivity index (χ1n) is 30.8. The van der Waals surface area contributed by atoms with E-state index in [0.29, 0.717) is 0 Å². The van der Waals surface area contributed by atoms with Gasteiger partial charge in [-0.2, -0.15) is 0 Å². The van der Waals surface area contributed by atoms with Crippen LogP contribution in [-0.4, -0.2) is 11.0 Å². The van der Waals surface area contributed by atoms with E-state index in [4.69, 9.17) is 0 Å². The summed E-state index contributed by atoms with van der Waals surface area (Å²) < 4.78 is 7.32. The molecule has 0 N–H and O–H groups in total. The molecule has 0 unspecified atom stereocenters. The van der Waals surface area contributed by atoms with Gasteiger partial charge in [-0.3, -0.25) is 0 Å². The van der Waals surface area contributed by atoms with Crippen molar-refractivity contribution in [3.63, 3.8) is 0 Å². The van der Waals surface area contributed by atoms with Crippen molar-refractivity contribution in [2.75, 3.05) is 0 Å². The monoisotopic (exact) mass is 1530 g/mol. The fraction of sp³-hybridized carbons (Fsp3) is 0.200. The molecule has 0 aromatic heterocycles. The van der Waals surface area contributed by atoms with Crippen LogP contribution in [0.1, 0.15) is 126 Å². The molecule has 12 rings (SSSR count). The number of aryl methyl sites for hydroxylation is 4. The quantitative estimate of drug-likeness (QED) is 0.0846. The molecule has 0 amide bonds. The zero-order valence-electron chi connectivity index (χ0n) is 51.5. The zero-order chi connectivity index (χ0) is 58.1. The van der Waals surface area contributed by atoms with E-state index >= 15 is 0 Å².